The Morgan fingerprint density at radius 2 is 1.50 bits per heavy atom. The molecular weight excluding hydrogens is 292 g/mol. The van der Waals surface area contributed by atoms with Crippen LogP contribution in [0.15, 0.2) is 60.3 Å². The molecule has 134 valence electrons. The molecule has 24 heavy (non-hydrogen) atoms. The molecule has 1 aliphatic heterocycles. The van der Waals surface area contributed by atoms with Gasteiger partial charge in [-0.05, 0) is 59.8 Å². The number of hydrogen-bond donors (Lipinski definition) is 2. The fourth-order valence-electron chi connectivity index (χ4n) is 3.77. The maximum atomic E-state index is 6.90. The van der Waals surface area contributed by atoms with Gasteiger partial charge in [-0.3, -0.25) is 0 Å². The smallest absolute Gasteiger partial charge is 0.0444 e. The van der Waals surface area contributed by atoms with Crippen LogP contribution in [0.25, 0.3) is 0 Å². The van der Waals surface area contributed by atoms with E-state index in [9.17, 15) is 0 Å². The SMILES string of the molecule is C=C(C)C[C@H]1CC(C(N)(CC(=C)C)CC(=C)C)=C[C@H](CC(=C)C)N1. The van der Waals surface area contributed by atoms with Gasteiger partial charge in [-0.1, -0.05) is 33.9 Å². The van der Waals surface area contributed by atoms with E-state index in [1.807, 2.05) is 0 Å². The molecule has 1 heterocycles. The van der Waals surface area contributed by atoms with Crippen LogP contribution in [-0.4, -0.2) is 17.6 Å². The Morgan fingerprint density at radius 3 is 1.92 bits per heavy atom. The molecule has 1 rings (SSSR count). The molecule has 2 heteroatoms. The van der Waals surface area contributed by atoms with Crippen LogP contribution in [0.3, 0.4) is 0 Å². The van der Waals surface area contributed by atoms with E-state index in [0.29, 0.717) is 6.04 Å². The third-order valence-corrected chi connectivity index (χ3v) is 4.36. The van der Waals surface area contributed by atoms with Gasteiger partial charge in [0.1, 0.15) is 0 Å². The second kappa shape index (κ2) is 8.64. The third-order valence-electron chi connectivity index (χ3n) is 4.36. The van der Waals surface area contributed by atoms with E-state index in [4.69, 9.17) is 5.73 Å². The molecule has 2 nitrogen and oxygen atoms in total. The van der Waals surface area contributed by atoms with Crippen LogP contribution < -0.4 is 11.1 Å². The lowest BCUT2D eigenvalue weighted by atomic mass is 9.74. The Bertz CT molecular complexity index is 534. The van der Waals surface area contributed by atoms with Gasteiger partial charge in [-0.2, -0.15) is 0 Å². The van der Waals surface area contributed by atoms with E-state index in [0.717, 1.165) is 43.3 Å². The minimum Gasteiger partial charge on any atom is -0.321 e. The average Bonchev–Trinajstić information content (AvgIpc) is 2.34. The maximum absolute atomic E-state index is 6.90. The zero-order valence-corrected chi connectivity index (χ0v) is 16.2. The van der Waals surface area contributed by atoms with Gasteiger partial charge in [0.15, 0.2) is 0 Å². The highest BCUT2D eigenvalue weighted by atomic mass is 15.0. The summed E-state index contributed by atoms with van der Waals surface area (Å²) in [4.78, 5) is 0. The van der Waals surface area contributed by atoms with Crippen LogP contribution in [0.5, 0.6) is 0 Å². The average molecular weight is 329 g/mol. The fourth-order valence-corrected chi connectivity index (χ4v) is 3.77. The van der Waals surface area contributed by atoms with Gasteiger partial charge < -0.3 is 11.1 Å². The van der Waals surface area contributed by atoms with Gasteiger partial charge >= 0.3 is 0 Å². The quantitative estimate of drug-likeness (QED) is 0.570. The maximum Gasteiger partial charge on any atom is 0.0444 e. The van der Waals surface area contributed by atoms with E-state index < -0.39 is 0 Å². The molecule has 0 fully saturated rings. The number of nitrogens with one attached hydrogen (secondary N) is 1. The fraction of sp³-hybridized carbons (Fsp3) is 0.545. The Balaban J connectivity index is 3.17. The number of rotatable bonds is 9. The van der Waals surface area contributed by atoms with E-state index >= 15 is 0 Å². The van der Waals surface area contributed by atoms with Gasteiger partial charge in [0, 0.05) is 17.6 Å². The summed E-state index contributed by atoms with van der Waals surface area (Å²) in [7, 11) is 0. The van der Waals surface area contributed by atoms with Crippen molar-refractivity contribution in [2.24, 2.45) is 5.73 Å². The summed E-state index contributed by atoms with van der Waals surface area (Å²) in [5, 5.41) is 3.73. The molecule has 0 saturated carbocycles. The molecule has 0 aromatic rings. The van der Waals surface area contributed by atoms with Gasteiger partial charge in [-0.15, -0.1) is 26.3 Å². The van der Waals surface area contributed by atoms with E-state index in [1.54, 1.807) is 0 Å². The van der Waals surface area contributed by atoms with Gasteiger partial charge in [0.25, 0.3) is 0 Å². The van der Waals surface area contributed by atoms with Crippen LogP contribution in [0.2, 0.25) is 0 Å². The van der Waals surface area contributed by atoms with Gasteiger partial charge in [0.05, 0.1) is 0 Å². The summed E-state index contributed by atoms with van der Waals surface area (Å²) in [6.45, 7) is 24.6. The van der Waals surface area contributed by atoms with Crippen molar-refractivity contribution in [1.82, 2.24) is 5.32 Å². The molecule has 3 N–H and O–H groups in total. The summed E-state index contributed by atoms with van der Waals surface area (Å²) in [6.07, 6.45) is 6.79. The minimum atomic E-state index is -0.388. The van der Waals surface area contributed by atoms with Crippen molar-refractivity contribution in [3.8, 4) is 0 Å². The Hall–Kier alpha value is -1.38. The summed E-state index contributed by atoms with van der Waals surface area (Å²) >= 11 is 0. The Morgan fingerprint density at radius 1 is 1.00 bits per heavy atom. The molecular formula is C22H36N2. The first kappa shape index (κ1) is 20.7. The summed E-state index contributed by atoms with van der Waals surface area (Å²) < 4.78 is 0. The van der Waals surface area contributed by atoms with Gasteiger partial charge in [0.2, 0.25) is 0 Å². The lowest BCUT2D eigenvalue weighted by Gasteiger charge is -2.40. The predicted molar refractivity (Wildman–Crippen MR) is 108 cm³/mol. The van der Waals surface area contributed by atoms with Crippen LogP contribution in [0.1, 0.15) is 59.8 Å². The summed E-state index contributed by atoms with van der Waals surface area (Å²) in [5.41, 5.74) is 12.4. The molecule has 0 aliphatic carbocycles. The van der Waals surface area contributed by atoms with Crippen LogP contribution in [0.4, 0.5) is 0 Å². The molecule has 0 aromatic heterocycles. The lowest BCUT2D eigenvalue weighted by Crippen LogP contribution is -2.50. The van der Waals surface area contributed by atoms with Crippen LogP contribution >= 0.6 is 0 Å². The molecule has 0 unspecified atom stereocenters. The van der Waals surface area contributed by atoms with Crippen molar-refractivity contribution in [1.29, 1.82) is 0 Å². The zero-order chi connectivity index (χ0) is 18.5. The lowest BCUT2D eigenvalue weighted by molar-refractivity contribution is 0.380. The molecule has 0 spiro atoms. The first-order valence-electron chi connectivity index (χ1n) is 8.85. The van der Waals surface area contributed by atoms with E-state index in [-0.39, 0.29) is 11.6 Å². The highest BCUT2D eigenvalue weighted by Gasteiger charge is 2.34. The van der Waals surface area contributed by atoms with Crippen molar-refractivity contribution in [3.05, 3.63) is 60.3 Å². The highest BCUT2D eigenvalue weighted by molar-refractivity contribution is 5.31. The Labute approximate surface area is 149 Å². The first-order chi connectivity index (χ1) is 11.0. The van der Waals surface area contributed by atoms with Gasteiger partial charge in [-0.25, -0.2) is 0 Å². The number of nitrogens with two attached hydrogens (primary N) is 1. The monoisotopic (exact) mass is 328 g/mol. The van der Waals surface area contributed by atoms with Crippen molar-refractivity contribution < 1.29 is 0 Å². The molecule has 0 aromatic carbocycles. The summed E-state index contributed by atoms with van der Waals surface area (Å²) in [5.74, 6) is 0. The molecule has 0 amide bonds. The van der Waals surface area contributed by atoms with Crippen molar-refractivity contribution in [2.75, 3.05) is 0 Å². The Kier molecular flexibility index (Phi) is 7.44. The molecule has 0 saturated heterocycles. The predicted octanol–water partition coefficient (Wildman–Crippen LogP) is 5.21. The number of hydrogen-bond acceptors (Lipinski definition) is 2. The second-order valence-corrected chi connectivity index (χ2v) is 8.11. The van der Waals surface area contributed by atoms with Crippen molar-refractivity contribution in [2.45, 2.75) is 77.4 Å². The molecule has 2 atom stereocenters. The van der Waals surface area contributed by atoms with Crippen LogP contribution in [-0.2, 0) is 0 Å². The normalized spacial score (nSPS) is 21.1. The standard InChI is InChI=1S/C22H36N2/c1-15(2)9-20-11-19(12-21(24-20)10-16(3)4)22(23,13-17(5)6)14-18(7)8/h11,20-21,24H,1,3,5,7,9-10,12-14,23H2,2,4,6,8H3/t20-,21-/m0/s1. The second-order valence-electron chi connectivity index (χ2n) is 8.11. The minimum absolute atomic E-state index is 0.286. The van der Waals surface area contributed by atoms with Crippen LogP contribution in [0, 0.1) is 0 Å². The first-order valence-corrected chi connectivity index (χ1v) is 8.85. The third kappa shape index (κ3) is 6.62. The molecule has 0 bridgehead atoms. The zero-order valence-electron chi connectivity index (χ0n) is 16.2. The molecule has 0 radical (unpaired) electrons. The largest absolute Gasteiger partial charge is 0.321 e. The van der Waals surface area contributed by atoms with E-state index in [2.05, 4.69) is 65.4 Å². The summed E-state index contributed by atoms with van der Waals surface area (Å²) in [6, 6.07) is 0.666. The van der Waals surface area contributed by atoms with E-state index in [1.165, 1.54) is 16.7 Å². The van der Waals surface area contributed by atoms with Crippen molar-refractivity contribution in [3.63, 3.8) is 0 Å². The van der Waals surface area contributed by atoms with Crippen molar-refractivity contribution >= 4 is 0 Å². The highest BCUT2D eigenvalue weighted by Crippen LogP contribution is 2.35. The molecule has 1 aliphatic rings. The topological polar surface area (TPSA) is 38.0 Å².